The van der Waals surface area contributed by atoms with Gasteiger partial charge in [0.25, 0.3) is 0 Å². The molecule has 0 aliphatic carbocycles. The van der Waals surface area contributed by atoms with E-state index in [0.29, 0.717) is 13.1 Å². The molecule has 1 saturated heterocycles. The molecule has 0 saturated carbocycles. The van der Waals surface area contributed by atoms with Gasteiger partial charge >= 0.3 is 0 Å². The van der Waals surface area contributed by atoms with Crippen LogP contribution in [0.1, 0.15) is 16.2 Å². The minimum Gasteiger partial charge on any atom is -0.351 e. The third-order valence-corrected chi connectivity index (χ3v) is 4.88. The summed E-state index contributed by atoms with van der Waals surface area (Å²) in [5.74, 6) is 8.27. The van der Waals surface area contributed by atoms with Gasteiger partial charge in [-0.2, -0.15) is 11.8 Å². The van der Waals surface area contributed by atoms with Gasteiger partial charge in [0.1, 0.15) is 0 Å². The first-order valence-corrected chi connectivity index (χ1v) is 7.90. The molecule has 1 aromatic rings. The average Bonchev–Trinajstić information content (AvgIpc) is 3.04. The molecule has 1 aliphatic heterocycles. The number of amides is 1. The Bertz CT molecular complexity index is 467. The fraction of sp³-hybridized carbons (Fsp3) is 0.462. The van der Waals surface area contributed by atoms with E-state index >= 15 is 0 Å². The molecular formula is C13H16N2OS2. The number of nitrogens with two attached hydrogens (primary N) is 1. The van der Waals surface area contributed by atoms with E-state index in [1.807, 2.05) is 23.9 Å². The van der Waals surface area contributed by atoms with Crippen LogP contribution in [0, 0.1) is 17.8 Å². The van der Waals surface area contributed by atoms with Gasteiger partial charge in [0.15, 0.2) is 0 Å². The molecule has 0 aromatic carbocycles. The van der Waals surface area contributed by atoms with Gasteiger partial charge in [-0.25, -0.2) is 0 Å². The maximum atomic E-state index is 11.8. The Morgan fingerprint density at radius 1 is 1.56 bits per heavy atom. The minimum atomic E-state index is 0.183. The molecule has 1 aliphatic rings. The fourth-order valence-electron chi connectivity index (χ4n) is 1.74. The molecule has 0 bridgehead atoms. The maximum Gasteiger partial charge on any atom is 0.224 e. The summed E-state index contributed by atoms with van der Waals surface area (Å²) in [6, 6.07) is 3.98. The van der Waals surface area contributed by atoms with Crippen molar-refractivity contribution in [1.29, 1.82) is 0 Å². The van der Waals surface area contributed by atoms with Crippen molar-refractivity contribution >= 4 is 29.0 Å². The monoisotopic (exact) mass is 280 g/mol. The van der Waals surface area contributed by atoms with E-state index in [1.54, 1.807) is 11.3 Å². The quantitative estimate of drug-likeness (QED) is 0.824. The summed E-state index contributed by atoms with van der Waals surface area (Å²) in [6.07, 6.45) is 1.01. The molecule has 5 heteroatoms. The Kier molecular flexibility index (Phi) is 5.12. The van der Waals surface area contributed by atoms with Crippen LogP contribution in [0.4, 0.5) is 0 Å². The molecule has 2 rings (SSSR count). The zero-order valence-corrected chi connectivity index (χ0v) is 11.7. The van der Waals surface area contributed by atoms with Gasteiger partial charge in [0, 0.05) is 16.5 Å². The van der Waals surface area contributed by atoms with Crippen LogP contribution >= 0.6 is 23.1 Å². The molecule has 1 fully saturated rings. The molecule has 3 nitrogen and oxygen atoms in total. The zero-order chi connectivity index (χ0) is 12.8. The first-order chi connectivity index (χ1) is 8.79. The Balaban J connectivity index is 1.82. The Hall–Kier alpha value is -0.960. The predicted octanol–water partition coefficient (Wildman–Crippen LogP) is 1.43. The lowest BCUT2D eigenvalue weighted by molar-refractivity contribution is -0.124. The van der Waals surface area contributed by atoms with E-state index < -0.39 is 0 Å². The second kappa shape index (κ2) is 6.83. The molecule has 1 unspecified atom stereocenters. The molecule has 1 aromatic heterocycles. The van der Waals surface area contributed by atoms with Gasteiger partial charge in [-0.3, -0.25) is 4.79 Å². The third kappa shape index (κ3) is 3.77. The van der Waals surface area contributed by atoms with Crippen LogP contribution in [0.2, 0.25) is 0 Å². The lowest BCUT2D eigenvalue weighted by Gasteiger charge is -2.08. The summed E-state index contributed by atoms with van der Waals surface area (Å²) < 4.78 is 0. The van der Waals surface area contributed by atoms with Gasteiger partial charge in [-0.1, -0.05) is 11.8 Å². The predicted molar refractivity (Wildman–Crippen MR) is 77.5 cm³/mol. The van der Waals surface area contributed by atoms with Crippen LogP contribution in [0.15, 0.2) is 12.1 Å². The molecule has 1 atom stereocenters. The minimum absolute atomic E-state index is 0.183. The highest BCUT2D eigenvalue weighted by molar-refractivity contribution is 7.99. The van der Waals surface area contributed by atoms with E-state index in [4.69, 9.17) is 5.73 Å². The van der Waals surface area contributed by atoms with Crippen LogP contribution in [0.5, 0.6) is 0 Å². The lowest BCUT2D eigenvalue weighted by atomic mass is 10.1. The topological polar surface area (TPSA) is 55.1 Å². The van der Waals surface area contributed by atoms with E-state index in [9.17, 15) is 4.79 Å². The van der Waals surface area contributed by atoms with Crippen molar-refractivity contribution in [2.45, 2.75) is 13.0 Å². The molecule has 18 heavy (non-hydrogen) atoms. The van der Waals surface area contributed by atoms with E-state index in [-0.39, 0.29) is 11.8 Å². The third-order valence-electron chi connectivity index (χ3n) is 2.71. The smallest absolute Gasteiger partial charge is 0.224 e. The van der Waals surface area contributed by atoms with Crippen LogP contribution in [-0.4, -0.2) is 24.0 Å². The number of nitrogens with one attached hydrogen (secondary N) is 1. The van der Waals surface area contributed by atoms with Gasteiger partial charge < -0.3 is 11.1 Å². The van der Waals surface area contributed by atoms with Gasteiger partial charge in [0.2, 0.25) is 5.91 Å². The van der Waals surface area contributed by atoms with E-state index in [1.165, 1.54) is 0 Å². The van der Waals surface area contributed by atoms with Crippen molar-refractivity contribution in [3.63, 3.8) is 0 Å². The summed E-state index contributed by atoms with van der Waals surface area (Å²) in [5.41, 5.74) is 5.32. The number of thiophene rings is 1. The Labute approximate surface area is 116 Å². The van der Waals surface area contributed by atoms with Crippen LogP contribution in [-0.2, 0) is 11.3 Å². The average molecular weight is 280 g/mol. The van der Waals surface area contributed by atoms with Gasteiger partial charge in [0.05, 0.1) is 18.0 Å². The molecule has 0 radical (unpaired) electrons. The van der Waals surface area contributed by atoms with Crippen LogP contribution in [0.3, 0.4) is 0 Å². The first kappa shape index (κ1) is 13.5. The molecular weight excluding hydrogens is 264 g/mol. The number of hydrogen-bond acceptors (Lipinski definition) is 4. The van der Waals surface area contributed by atoms with E-state index in [2.05, 4.69) is 17.2 Å². The lowest BCUT2D eigenvalue weighted by Crippen LogP contribution is -2.29. The fourth-order valence-corrected chi connectivity index (χ4v) is 3.78. The normalized spacial score (nSPS) is 18.2. The Morgan fingerprint density at radius 3 is 3.17 bits per heavy atom. The van der Waals surface area contributed by atoms with Crippen molar-refractivity contribution in [3.8, 4) is 11.8 Å². The SMILES string of the molecule is NCC#Cc1ccc(CNC(=O)C2CCSC2)s1. The van der Waals surface area contributed by atoms with Gasteiger partial charge in [-0.15, -0.1) is 11.3 Å². The molecule has 1 amide bonds. The highest BCUT2D eigenvalue weighted by Gasteiger charge is 2.22. The summed E-state index contributed by atoms with van der Waals surface area (Å²) in [5, 5.41) is 3.00. The second-order valence-electron chi connectivity index (χ2n) is 4.05. The summed E-state index contributed by atoms with van der Waals surface area (Å²) in [4.78, 5) is 14.0. The molecule has 2 heterocycles. The van der Waals surface area contributed by atoms with Crippen molar-refractivity contribution in [2.24, 2.45) is 11.7 Å². The highest BCUT2D eigenvalue weighted by atomic mass is 32.2. The first-order valence-electron chi connectivity index (χ1n) is 5.92. The van der Waals surface area contributed by atoms with Gasteiger partial charge in [-0.05, 0) is 24.3 Å². The number of carbonyl (C=O) groups excluding carboxylic acids is 1. The molecule has 3 N–H and O–H groups in total. The summed E-state index contributed by atoms with van der Waals surface area (Å²) in [7, 11) is 0. The van der Waals surface area contributed by atoms with Crippen molar-refractivity contribution in [2.75, 3.05) is 18.1 Å². The van der Waals surface area contributed by atoms with Crippen molar-refractivity contribution < 1.29 is 4.79 Å². The number of hydrogen-bond donors (Lipinski definition) is 2. The van der Waals surface area contributed by atoms with Crippen molar-refractivity contribution in [3.05, 3.63) is 21.9 Å². The molecule has 96 valence electrons. The number of carbonyl (C=O) groups is 1. The maximum absolute atomic E-state index is 11.8. The van der Waals surface area contributed by atoms with Crippen LogP contribution in [0.25, 0.3) is 0 Å². The summed E-state index contributed by atoms with van der Waals surface area (Å²) in [6.45, 7) is 0.984. The Morgan fingerprint density at radius 2 is 2.44 bits per heavy atom. The highest BCUT2D eigenvalue weighted by Crippen LogP contribution is 2.23. The van der Waals surface area contributed by atoms with E-state index in [0.717, 1.165) is 27.7 Å². The summed E-state index contributed by atoms with van der Waals surface area (Å²) >= 11 is 3.47. The molecule has 0 spiro atoms. The largest absolute Gasteiger partial charge is 0.351 e. The second-order valence-corrected chi connectivity index (χ2v) is 6.37. The number of rotatable bonds is 3. The standard InChI is InChI=1S/C13H16N2OS2/c14-6-1-2-11-3-4-12(18-11)8-15-13(16)10-5-7-17-9-10/h3-4,10H,5-9,14H2,(H,15,16). The zero-order valence-electron chi connectivity index (χ0n) is 10.1. The van der Waals surface area contributed by atoms with Crippen LogP contribution < -0.4 is 11.1 Å². The number of thioether (sulfide) groups is 1. The van der Waals surface area contributed by atoms with Crippen molar-refractivity contribution in [1.82, 2.24) is 5.32 Å².